The maximum atomic E-state index is 13.0. The zero-order chi connectivity index (χ0) is 30.2. The maximum absolute atomic E-state index is 13.0. The van der Waals surface area contributed by atoms with Crippen LogP contribution in [0.3, 0.4) is 0 Å². The fourth-order valence-electron chi connectivity index (χ4n) is 4.85. The molecule has 0 aliphatic rings. The van der Waals surface area contributed by atoms with Gasteiger partial charge in [-0.15, -0.1) is 0 Å². The molecule has 0 N–H and O–H groups in total. The summed E-state index contributed by atoms with van der Waals surface area (Å²) in [5.74, 6) is 1.33. The molecule has 0 bridgehead atoms. The second-order valence-electron chi connectivity index (χ2n) is 11.4. The molecule has 0 unspecified atom stereocenters. The van der Waals surface area contributed by atoms with Crippen LogP contribution in [-0.2, 0) is 4.79 Å². The van der Waals surface area contributed by atoms with Gasteiger partial charge in [0.05, 0.1) is 12.7 Å². The molecule has 0 radical (unpaired) electrons. The minimum atomic E-state index is -1.19. The summed E-state index contributed by atoms with van der Waals surface area (Å²) >= 11 is 0. The summed E-state index contributed by atoms with van der Waals surface area (Å²) in [6.07, 6.45) is 16.3. The Kier molecular flexibility index (Phi) is 13.5. The molecule has 1 heterocycles. The van der Waals surface area contributed by atoms with Gasteiger partial charge in [0, 0.05) is 23.5 Å². The summed E-state index contributed by atoms with van der Waals surface area (Å²) in [7, 11) is 0. The van der Waals surface area contributed by atoms with E-state index >= 15 is 0 Å². The minimum absolute atomic E-state index is 0.0874. The highest BCUT2D eigenvalue weighted by molar-refractivity contribution is 5.82. The lowest BCUT2D eigenvalue weighted by Crippen LogP contribution is -2.36. The Balaban J connectivity index is 1.53. The van der Waals surface area contributed by atoms with Crippen molar-refractivity contribution in [2.24, 2.45) is 11.3 Å². The molecule has 2 atom stereocenters. The average molecular weight is 570 g/mol. The summed E-state index contributed by atoms with van der Waals surface area (Å²) < 4.78 is 11.5. The first-order chi connectivity index (χ1) is 20.4. The van der Waals surface area contributed by atoms with E-state index in [9.17, 15) is 10.1 Å². The Morgan fingerprint density at radius 2 is 1.33 bits per heavy atom. The molecule has 2 aromatic carbocycles. The van der Waals surface area contributed by atoms with E-state index in [2.05, 4.69) is 29.9 Å². The Morgan fingerprint density at radius 1 is 0.786 bits per heavy atom. The highest BCUT2D eigenvalue weighted by atomic mass is 16.5. The number of carbonyl (C=O) groups excluding carboxylic acids is 1. The third-order valence-electron chi connectivity index (χ3n) is 8.06. The molecule has 42 heavy (non-hydrogen) atoms. The van der Waals surface area contributed by atoms with Crippen LogP contribution in [0.1, 0.15) is 98.3 Å². The second-order valence-corrected chi connectivity index (χ2v) is 11.4. The van der Waals surface area contributed by atoms with Gasteiger partial charge in [-0.3, -0.25) is 0 Å². The molecule has 0 aliphatic heterocycles. The van der Waals surface area contributed by atoms with Gasteiger partial charge >= 0.3 is 5.97 Å². The molecule has 6 nitrogen and oxygen atoms in total. The van der Waals surface area contributed by atoms with Gasteiger partial charge < -0.3 is 9.47 Å². The first-order valence-electron chi connectivity index (χ1n) is 15.7. The zero-order valence-electron chi connectivity index (χ0n) is 25.9. The first kappa shape index (κ1) is 32.8. The fourth-order valence-corrected chi connectivity index (χ4v) is 4.85. The Hall–Kier alpha value is -3.72. The van der Waals surface area contributed by atoms with E-state index in [1.165, 1.54) is 38.5 Å². The van der Waals surface area contributed by atoms with E-state index in [0.717, 1.165) is 61.2 Å². The first-order valence-corrected chi connectivity index (χ1v) is 15.7. The molecule has 0 saturated heterocycles. The van der Waals surface area contributed by atoms with Gasteiger partial charge in [-0.1, -0.05) is 90.7 Å². The molecule has 0 fully saturated rings. The molecule has 3 aromatic rings. The molecule has 1 aromatic heterocycles. The van der Waals surface area contributed by atoms with Crippen LogP contribution in [0.5, 0.6) is 11.5 Å². The standard InChI is InChI=1S/C36H47N3O3/c1-5-7-9-11-12-14-24-41-32-20-18-30(19-21-32)34-38-25-31(26-39-34)29-16-22-33(23-17-29)42-35(40)36(4,27-37)28(3)15-13-10-8-6-2/h16-23,25-26,28H,5-15,24H2,1-4H3/t28-,36-/m1/s1. The lowest BCUT2D eigenvalue weighted by atomic mass is 9.76. The van der Waals surface area contributed by atoms with Crippen molar-refractivity contribution in [2.45, 2.75) is 98.3 Å². The lowest BCUT2D eigenvalue weighted by Gasteiger charge is -2.26. The van der Waals surface area contributed by atoms with Gasteiger partial charge in [0.1, 0.15) is 11.5 Å². The number of nitriles is 1. The van der Waals surface area contributed by atoms with Gasteiger partial charge in [0.2, 0.25) is 0 Å². The summed E-state index contributed by atoms with van der Waals surface area (Å²) in [6, 6.07) is 17.3. The van der Waals surface area contributed by atoms with E-state index in [1.54, 1.807) is 31.5 Å². The smallest absolute Gasteiger partial charge is 0.331 e. The average Bonchev–Trinajstić information content (AvgIpc) is 3.03. The van der Waals surface area contributed by atoms with E-state index < -0.39 is 11.4 Å². The molecular formula is C36H47N3O3. The van der Waals surface area contributed by atoms with Crippen molar-refractivity contribution in [3.63, 3.8) is 0 Å². The number of hydrogen-bond acceptors (Lipinski definition) is 6. The molecule has 6 heteroatoms. The molecule has 0 aliphatic carbocycles. The van der Waals surface area contributed by atoms with Crippen LogP contribution in [0, 0.1) is 22.7 Å². The number of carbonyl (C=O) groups is 1. The number of aromatic nitrogens is 2. The normalized spacial score (nSPS) is 13.1. The number of nitrogens with zero attached hydrogens (tertiary/aromatic N) is 3. The Labute approximate surface area is 252 Å². The van der Waals surface area contributed by atoms with Crippen molar-refractivity contribution >= 4 is 5.97 Å². The lowest BCUT2D eigenvalue weighted by molar-refractivity contribution is -0.144. The van der Waals surface area contributed by atoms with Crippen molar-refractivity contribution in [3.8, 4) is 40.1 Å². The van der Waals surface area contributed by atoms with Crippen molar-refractivity contribution in [1.82, 2.24) is 9.97 Å². The third-order valence-corrected chi connectivity index (χ3v) is 8.06. The number of rotatable bonds is 18. The van der Waals surface area contributed by atoms with Crippen LogP contribution in [0.15, 0.2) is 60.9 Å². The van der Waals surface area contributed by atoms with E-state index in [4.69, 9.17) is 9.47 Å². The van der Waals surface area contributed by atoms with Crippen LogP contribution in [0.2, 0.25) is 0 Å². The van der Waals surface area contributed by atoms with Crippen molar-refractivity contribution in [3.05, 3.63) is 60.9 Å². The number of ether oxygens (including phenoxy) is 2. The second kappa shape index (κ2) is 17.3. The number of hydrogen-bond donors (Lipinski definition) is 0. The molecule has 3 rings (SSSR count). The van der Waals surface area contributed by atoms with Gasteiger partial charge in [-0.2, -0.15) is 5.26 Å². The van der Waals surface area contributed by atoms with Crippen LogP contribution in [0.4, 0.5) is 0 Å². The predicted octanol–water partition coefficient (Wildman–Crippen LogP) is 9.59. The van der Waals surface area contributed by atoms with Crippen LogP contribution in [0.25, 0.3) is 22.5 Å². The monoisotopic (exact) mass is 569 g/mol. The maximum Gasteiger partial charge on any atom is 0.331 e. The molecule has 224 valence electrons. The van der Waals surface area contributed by atoms with Crippen molar-refractivity contribution in [1.29, 1.82) is 5.26 Å². The Morgan fingerprint density at radius 3 is 1.95 bits per heavy atom. The molecular weight excluding hydrogens is 522 g/mol. The SMILES string of the molecule is CCCCCCCCOc1ccc(-c2ncc(-c3ccc(OC(=O)[C@](C)(C#N)[C@H](C)CCCCCC)cc3)cn2)cc1. The van der Waals surface area contributed by atoms with Gasteiger partial charge in [-0.05, 0) is 67.6 Å². The molecule has 0 spiro atoms. The van der Waals surface area contributed by atoms with Crippen molar-refractivity contribution < 1.29 is 14.3 Å². The third kappa shape index (κ3) is 9.69. The largest absolute Gasteiger partial charge is 0.494 e. The van der Waals surface area contributed by atoms with Crippen LogP contribution in [-0.4, -0.2) is 22.5 Å². The van der Waals surface area contributed by atoms with Gasteiger partial charge in [0.15, 0.2) is 11.2 Å². The van der Waals surface area contributed by atoms with Gasteiger partial charge in [-0.25, -0.2) is 14.8 Å². The summed E-state index contributed by atoms with van der Waals surface area (Å²) in [5, 5.41) is 9.82. The highest BCUT2D eigenvalue weighted by Crippen LogP contribution is 2.33. The van der Waals surface area contributed by atoms with E-state index in [1.807, 2.05) is 43.3 Å². The minimum Gasteiger partial charge on any atom is -0.494 e. The van der Waals surface area contributed by atoms with Crippen LogP contribution < -0.4 is 9.47 Å². The molecule has 0 amide bonds. The zero-order valence-corrected chi connectivity index (χ0v) is 25.9. The summed E-state index contributed by atoms with van der Waals surface area (Å²) in [6.45, 7) is 8.79. The Bertz CT molecular complexity index is 1250. The summed E-state index contributed by atoms with van der Waals surface area (Å²) in [5.41, 5.74) is 1.51. The fraction of sp³-hybridized carbons (Fsp3) is 0.500. The van der Waals surface area contributed by atoms with Gasteiger partial charge in [0.25, 0.3) is 0 Å². The summed E-state index contributed by atoms with van der Waals surface area (Å²) in [4.78, 5) is 22.1. The predicted molar refractivity (Wildman–Crippen MR) is 169 cm³/mol. The number of unbranched alkanes of at least 4 members (excludes halogenated alkanes) is 8. The number of esters is 1. The topological polar surface area (TPSA) is 85.1 Å². The molecule has 0 saturated carbocycles. The highest BCUT2D eigenvalue weighted by Gasteiger charge is 2.41. The number of benzene rings is 2. The van der Waals surface area contributed by atoms with Crippen molar-refractivity contribution in [2.75, 3.05) is 6.61 Å². The van der Waals surface area contributed by atoms with E-state index in [-0.39, 0.29) is 5.92 Å². The van der Waals surface area contributed by atoms with Crippen LogP contribution >= 0.6 is 0 Å². The van der Waals surface area contributed by atoms with E-state index in [0.29, 0.717) is 11.6 Å². The quantitative estimate of drug-likeness (QED) is 0.0861.